The molecule has 1 heterocycles. The Labute approximate surface area is 180 Å². The van der Waals surface area contributed by atoms with Gasteiger partial charge in [0.1, 0.15) is 5.69 Å². The highest BCUT2D eigenvalue weighted by Crippen LogP contribution is 2.21. The number of primary sulfonamides is 1. The number of nitrogens with two attached hydrogens (primary N) is 1. The maximum Gasteiger partial charge on any atom is 0.270 e. The first-order chi connectivity index (χ1) is 14.9. The Morgan fingerprint density at radius 1 is 0.903 bits per heavy atom. The summed E-state index contributed by atoms with van der Waals surface area (Å²) in [5, 5.41) is 12.6. The molecule has 0 fully saturated rings. The second-order valence-electron chi connectivity index (χ2n) is 6.90. The minimum absolute atomic E-state index is 0.0252. The zero-order valence-electron chi connectivity index (χ0n) is 16.5. The molecule has 4 aromatic rings. The number of hydrogen-bond acceptors (Lipinski definition) is 4. The number of aromatic nitrogens is 2. The highest BCUT2D eigenvalue weighted by molar-refractivity contribution is 7.89. The van der Waals surface area contributed by atoms with Crippen LogP contribution in [0.25, 0.3) is 16.9 Å². The Morgan fingerprint density at radius 2 is 1.52 bits per heavy atom. The molecule has 0 aliphatic carbocycles. The molecule has 31 heavy (non-hydrogen) atoms. The first-order valence-electron chi connectivity index (χ1n) is 9.53. The number of benzene rings is 3. The van der Waals surface area contributed by atoms with Crippen LogP contribution in [0.3, 0.4) is 0 Å². The summed E-state index contributed by atoms with van der Waals surface area (Å²) in [7, 11) is -3.75. The summed E-state index contributed by atoms with van der Waals surface area (Å²) in [6.45, 7) is 0.227. The summed E-state index contributed by atoms with van der Waals surface area (Å²) in [5.41, 5.74) is 3.50. The van der Waals surface area contributed by atoms with Crippen molar-refractivity contribution in [1.29, 1.82) is 0 Å². The minimum atomic E-state index is -3.75. The molecule has 0 radical (unpaired) electrons. The summed E-state index contributed by atoms with van der Waals surface area (Å²) in [4.78, 5) is 13.0. The molecule has 0 spiro atoms. The van der Waals surface area contributed by atoms with E-state index in [0.29, 0.717) is 11.4 Å². The van der Waals surface area contributed by atoms with Crippen LogP contribution in [0.1, 0.15) is 16.1 Å². The largest absolute Gasteiger partial charge is 0.347 e. The van der Waals surface area contributed by atoms with Crippen molar-refractivity contribution in [1.82, 2.24) is 15.1 Å². The Kier molecular flexibility index (Phi) is 5.66. The lowest BCUT2D eigenvalue weighted by molar-refractivity contribution is 0.0943. The summed E-state index contributed by atoms with van der Waals surface area (Å²) >= 11 is 0. The molecule has 0 atom stereocenters. The number of rotatable bonds is 6. The fraction of sp³-hybridized carbons (Fsp3) is 0.0435. The van der Waals surface area contributed by atoms with Gasteiger partial charge >= 0.3 is 0 Å². The minimum Gasteiger partial charge on any atom is -0.347 e. The van der Waals surface area contributed by atoms with Crippen molar-refractivity contribution >= 4 is 15.9 Å². The zero-order valence-corrected chi connectivity index (χ0v) is 17.3. The predicted molar refractivity (Wildman–Crippen MR) is 118 cm³/mol. The number of nitrogens with zero attached hydrogens (tertiary/aromatic N) is 2. The van der Waals surface area contributed by atoms with Gasteiger partial charge in [0.2, 0.25) is 10.0 Å². The van der Waals surface area contributed by atoms with Gasteiger partial charge in [0.25, 0.3) is 5.91 Å². The quantitative estimate of drug-likeness (QED) is 0.488. The molecule has 156 valence electrons. The van der Waals surface area contributed by atoms with Gasteiger partial charge in [-0.25, -0.2) is 18.2 Å². The van der Waals surface area contributed by atoms with Crippen LogP contribution in [0.15, 0.2) is 95.9 Å². The number of nitrogens with one attached hydrogen (secondary N) is 1. The van der Waals surface area contributed by atoms with Crippen LogP contribution in [0.4, 0.5) is 0 Å². The molecule has 4 rings (SSSR count). The topological polar surface area (TPSA) is 107 Å². The summed E-state index contributed by atoms with van der Waals surface area (Å²) in [6.07, 6.45) is 0. The van der Waals surface area contributed by atoms with Gasteiger partial charge in [-0.2, -0.15) is 5.10 Å². The molecule has 3 N–H and O–H groups in total. The highest BCUT2D eigenvalue weighted by atomic mass is 32.2. The molecule has 8 heteroatoms. The van der Waals surface area contributed by atoms with Gasteiger partial charge in [0, 0.05) is 12.1 Å². The third kappa shape index (κ3) is 4.71. The van der Waals surface area contributed by atoms with E-state index < -0.39 is 10.0 Å². The van der Waals surface area contributed by atoms with Crippen LogP contribution >= 0.6 is 0 Å². The van der Waals surface area contributed by atoms with Gasteiger partial charge in [0.15, 0.2) is 0 Å². The van der Waals surface area contributed by atoms with Crippen molar-refractivity contribution in [3.63, 3.8) is 0 Å². The average molecular weight is 433 g/mol. The van der Waals surface area contributed by atoms with Gasteiger partial charge in [0.05, 0.1) is 16.3 Å². The van der Waals surface area contributed by atoms with E-state index in [-0.39, 0.29) is 17.3 Å². The summed E-state index contributed by atoms with van der Waals surface area (Å²) in [5.74, 6) is -0.297. The van der Waals surface area contributed by atoms with Crippen LogP contribution < -0.4 is 10.5 Å². The second kappa shape index (κ2) is 8.55. The van der Waals surface area contributed by atoms with Crippen LogP contribution in [0.5, 0.6) is 0 Å². The number of sulfonamides is 1. The Hall–Kier alpha value is -3.75. The molecule has 3 aromatic carbocycles. The molecule has 1 aromatic heterocycles. The Balaban J connectivity index is 1.60. The van der Waals surface area contributed by atoms with Gasteiger partial charge in [-0.1, -0.05) is 60.7 Å². The molecular weight excluding hydrogens is 412 g/mol. The van der Waals surface area contributed by atoms with Crippen molar-refractivity contribution in [2.45, 2.75) is 11.4 Å². The normalized spacial score (nSPS) is 11.3. The van der Waals surface area contributed by atoms with E-state index in [2.05, 4.69) is 10.4 Å². The third-order valence-electron chi connectivity index (χ3n) is 4.72. The van der Waals surface area contributed by atoms with Crippen molar-refractivity contribution in [3.8, 4) is 16.9 Å². The first-order valence-corrected chi connectivity index (χ1v) is 11.1. The Bertz CT molecular complexity index is 1300. The molecule has 0 aliphatic heterocycles. The van der Waals surface area contributed by atoms with E-state index >= 15 is 0 Å². The number of carbonyl (C=O) groups is 1. The Morgan fingerprint density at radius 3 is 2.13 bits per heavy atom. The second-order valence-corrected chi connectivity index (χ2v) is 8.46. The van der Waals surface area contributed by atoms with Crippen LogP contribution in [-0.4, -0.2) is 24.1 Å². The maximum atomic E-state index is 13.0. The van der Waals surface area contributed by atoms with Crippen LogP contribution in [0, 0.1) is 0 Å². The molecule has 0 unspecified atom stereocenters. The van der Waals surface area contributed by atoms with Crippen LogP contribution in [-0.2, 0) is 16.6 Å². The smallest absolute Gasteiger partial charge is 0.270 e. The molecule has 1 amide bonds. The van der Waals surface area contributed by atoms with Gasteiger partial charge < -0.3 is 5.32 Å². The summed E-state index contributed by atoms with van der Waals surface area (Å²) in [6, 6.07) is 26.9. The van der Waals surface area contributed by atoms with E-state index in [0.717, 1.165) is 16.8 Å². The lowest BCUT2D eigenvalue weighted by atomic mass is 10.1. The average Bonchev–Trinajstić information content (AvgIpc) is 3.24. The number of hydrogen-bond donors (Lipinski definition) is 2. The molecule has 0 bridgehead atoms. The van der Waals surface area contributed by atoms with E-state index in [4.69, 9.17) is 5.14 Å². The molecule has 0 aliphatic rings. The van der Waals surface area contributed by atoms with E-state index in [1.54, 1.807) is 22.9 Å². The monoisotopic (exact) mass is 432 g/mol. The zero-order chi connectivity index (χ0) is 21.8. The SMILES string of the molecule is NS(=O)(=O)c1ccc(CNC(=O)c2cc(-c3ccccc3)nn2-c2ccccc2)cc1. The highest BCUT2D eigenvalue weighted by Gasteiger charge is 2.17. The lowest BCUT2D eigenvalue weighted by Gasteiger charge is -2.09. The summed E-state index contributed by atoms with van der Waals surface area (Å²) < 4.78 is 24.4. The maximum absolute atomic E-state index is 13.0. The van der Waals surface area contributed by atoms with E-state index in [1.165, 1.54) is 12.1 Å². The van der Waals surface area contributed by atoms with E-state index in [1.807, 2.05) is 60.7 Å². The molecule has 0 saturated carbocycles. The molecule has 7 nitrogen and oxygen atoms in total. The van der Waals surface area contributed by atoms with Crippen molar-refractivity contribution in [3.05, 3.63) is 102 Å². The van der Waals surface area contributed by atoms with Gasteiger partial charge in [-0.3, -0.25) is 4.79 Å². The lowest BCUT2D eigenvalue weighted by Crippen LogP contribution is -2.25. The molecular formula is C23H20N4O3S. The number of carbonyl (C=O) groups excluding carboxylic acids is 1. The third-order valence-corrected chi connectivity index (χ3v) is 5.65. The predicted octanol–water partition coefficient (Wildman–Crippen LogP) is 3.12. The fourth-order valence-electron chi connectivity index (χ4n) is 3.13. The standard InChI is InChI=1S/C23H20N4O3S/c24-31(29,30)20-13-11-17(12-14-20)16-25-23(28)22-15-21(18-7-3-1-4-8-18)26-27(22)19-9-5-2-6-10-19/h1-15H,16H2,(H,25,28)(H2,24,29,30). The molecule has 0 saturated heterocycles. The van der Waals surface area contributed by atoms with Crippen LogP contribution in [0.2, 0.25) is 0 Å². The van der Waals surface area contributed by atoms with Crippen molar-refractivity contribution in [2.75, 3.05) is 0 Å². The van der Waals surface area contributed by atoms with Crippen molar-refractivity contribution in [2.24, 2.45) is 5.14 Å². The first kappa shape index (κ1) is 20.5. The van der Waals surface area contributed by atoms with Gasteiger partial charge in [-0.05, 0) is 35.9 Å². The van der Waals surface area contributed by atoms with Crippen molar-refractivity contribution < 1.29 is 13.2 Å². The van der Waals surface area contributed by atoms with Gasteiger partial charge in [-0.15, -0.1) is 0 Å². The fourth-order valence-corrected chi connectivity index (χ4v) is 3.64. The van der Waals surface area contributed by atoms with E-state index in [9.17, 15) is 13.2 Å². The number of para-hydroxylation sites is 1. The number of amides is 1.